The maximum absolute atomic E-state index is 5.61. The summed E-state index contributed by atoms with van der Waals surface area (Å²) in [5, 5.41) is 0. The number of hydrogen-bond donors (Lipinski definition) is 1. The molecule has 0 radical (unpaired) electrons. The van der Waals surface area contributed by atoms with E-state index in [0.717, 1.165) is 11.3 Å². The fourth-order valence-corrected chi connectivity index (χ4v) is 1.81. The van der Waals surface area contributed by atoms with Gasteiger partial charge in [-0.15, -0.1) is 11.3 Å². The van der Waals surface area contributed by atoms with Crippen molar-refractivity contribution < 1.29 is 0 Å². The standard InChI is InChI=1S/C6H9ClN2S/c1-4(8)2-5-3-9-6(7)10-5/h3-4H,2,8H2,1H3/t4-/m0/s1. The van der Waals surface area contributed by atoms with Gasteiger partial charge in [0.2, 0.25) is 0 Å². The van der Waals surface area contributed by atoms with Crippen LogP contribution in [0.1, 0.15) is 11.8 Å². The summed E-state index contributed by atoms with van der Waals surface area (Å²) in [7, 11) is 0. The zero-order valence-electron chi connectivity index (χ0n) is 5.67. The average molecular weight is 177 g/mol. The largest absolute Gasteiger partial charge is 0.328 e. The summed E-state index contributed by atoms with van der Waals surface area (Å²) in [6.07, 6.45) is 2.64. The summed E-state index contributed by atoms with van der Waals surface area (Å²) in [5.41, 5.74) is 5.57. The number of thiazole rings is 1. The molecule has 56 valence electrons. The Morgan fingerprint density at radius 2 is 2.60 bits per heavy atom. The van der Waals surface area contributed by atoms with Crippen molar-refractivity contribution in [3.05, 3.63) is 15.5 Å². The minimum atomic E-state index is 0.191. The minimum absolute atomic E-state index is 0.191. The van der Waals surface area contributed by atoms with Crippen LogP contribution in [0.5, 0.6) is 0 Å². The van der Waals surface area contributed by atoms with E-state index in [1.54, 1.807) is 6.20 Å². The molecule has 10 heavy (non-hydrogen) atoms. The molecule has 0 saturated carbocycles. The van der Waals surface area contributed by atoms with Gasteiger partial charge >= 0.3 is 0 Å². The minimum Gasteiger partial charge on any atom is -0.328 e. The van der Waals surface area contributed by atoms with E-state index in [0.29, 0.717) is 4.47 Å². The molecule has 0 fully saturated rings. The molecule has 1 rings (SSSR count). The molecule has 0 aromatic carbocycles. The van der Waals surface area contributed by atoms with Crippen molar-refractivity contribution in [2.75, 3.05) is 0 Å². The highest BCUT2D eigenvalue weighted by Gasteiger charge is 2.01. The van der Waals surface area contributed by atoms with Gasteiger partial charge in [0.15, 0.2) is 4.47 Å². The highest BCUT2D eigenvalue weighted by Crippen LogP contribution is 2.18. The van der Waals surface area contributed by atoms with E-state index in [4.69, 9.17) is 17.3 Å². The summed E-state index contributed by atoms with van der Waals surface area (Å²) in [6, 6.07) is 0.191. The zero-order valence-corrected chi connectivity index (χ0v) is 7.25. The summed E-state index contributed by atoms with van der Waals surface area (Å²) in [6.45, 7) is 1.97. The Balaban J connectivity index is 2.58. The molecule has 0 aliphatic carbocycles. The molecular weight excluding hydrogens is 168 g/mol. The predicted octanol–water partition coefficient (Wildman–Crippen LogP) is 1.69. The van der Waals surface area contributed by atoms with Crippen LogP contribution in [0.4, 0.5) is 0 Å². The number of aromatic nitrogens is 1. The third-order valence-electron chi connectivity index (χ3n) is 1.05. The van der Waals surface area contributed by atoms with E-state index < -0.39 is 0 Å². The van der Waals surface area contributed by atoms with Crippen molar-refractivity contribution in [3.63, 3.8) is 0 Å². The van der Waals surface area contributed by atoms with Crippen molar-refractivity contribution in [2.24, 2.45) is 5.73 Å². The lowest BCUT2D eigenvalue weighted by Crippen LogP contribution is -2.16. The van der Waals surface area contributed by atoms with Crippen LogP contribution < -0.4 is 5.73 Å². The molecular formula is C6H9ClN2S. The van der Waals surface area contributed by atoms with Gasteiger partial charge in [-0.3, -0.25) is 0 Å². The predicted molar refractivity (Wildman–Crippen MR) is 44.5 cm³/mol. The maximum Gasteiger partial charge on any atom is 0.183 e. The number of hydrogen-bond acceptors (Lipinski definition) is 3. The smallest absolute Gasteiger partial charge is 0.183 e. The van der Waals surface area contributed by atoms with Crippen LogP contribution in [0.25, 0.3) is 0 Å². The fraction of sp³-hybridized carbons (Fsp3) is 0.500. The molecule has 4 heteroatoms. The monoisotopic (exact) mass is 176 g/mol. The Bertz CT molecular complexity index is 209. The molecule has 2 nitrogen and oxygen atoms in total. The molecule has 1 heterocycles. The second kappa shape index (κ2) is 3.32. The second-order valence-electron chi connectivity index (χ2n) is 2.26. The van der Waals surface area contributed by atoms with Gasteiger partial charge in [-0.05, 0) is 13.3 Å². The van der Waals surface area contributed by atoms with Crippen LogP contribution in [0.2, 0.25) is 4.47 Å². The first kappa shape index (κ1) is 7.98. The molecule has 1 aromatic rings. The number of rotatable bonds is 2. The second-order valence-corrected chi connectivity index (χ2v) is 3.96. The van der Waals surface area contributed by atoms with Crippen LogP contribution in [-0.2, 0) is 6.42 Å². The highest BCUT2D eigenvalue weighted by atomic mass is 35.5. The Kier molecular flexibility index (Phi) is 2.65. The summed E-state index contributed by atoms with van der Waals surface area (Å²) in [4.78, 5) is 5.05. The Labute approximate surface area is 69.0 Å². The Hall–Kier alpha value is -0.120. The Morgan fingerprint density at radius 1 is 1.90 bits per heavy atom. The summed E-state index contributed by atoms with van der Waals surface area (Å²) < 4.78 is 0.593. The Morgan fingerprint density at radius 3 is 3.00 bits per heavy atom. The van der Waals surface area contributed by atoms with Crippen LogP contribution in [0, 0.1) is 0 Å². The van der Waals surface area contributed by atoms with Crippen LogP contribution >= 0.6 is 22.9 Å². The van der Waals surface area contributed by atoms with E-state index in [9.17, 15) is 0 Å². The molecule has 1 atom stereocenters. The number of nitrogens with two attached hydrogens (primary N) is 1. The van der Waals surface area contributed by atoms with Gasteiger partial charge in [0.25, 0.3) is 0 Å². The third-order valence-corrected chi connectivity index (χ3v) is 2.19. The normalized spacial score (nSPS) is 13.5. The molecule has 0 unspecified atom stereocenters. The molecule has 0 aliphatic rings. The number of halogens is 1. The van der Waals surface area contributed by atoms with Crippen molar-refractivity contribution in [1.29, 1.82) is 0 Å². The molecule has 0 saturated heterocycles. The molecule has 0 amide bonds. The van der Waals surface area contributed by atoms with E-state index in [2.05, 4.69) is 4.98 Å². The van der Waals surface area contributed by atoms with E-state index in [1.165, 1.54) is 11.3 Å². The molecule has 0 bridgehead atoms. The first-order valence-electron chi connectivity index (χ1n) is 3.04. The quantitative estimate of drug-likeness (QED) is 0.745. The molecule has 1 aromatic heterocycles. The van der Waals surface area contributed by atoms with E-state index >= 15 is 0 Å². The highest BCUT2D eigenvalue weighted by molar-refractivity contribution is 7.15. The van der Waals surface area contributed by atoms with Crippen molar-refractivity contribution >= 4 is 22.9 Å². The third kappa shape index (κ3) is 2.25. The topological polar surface area (TPSA) is 38.9 Å². The van der Waals surface area contributed by atoms with Gasteiger partial charge in [-0.1, -0.05) is 11.6 Å². The fourth-order valence-electron chi connectivity index (χ4n) is 0.695. The van der Waals surface area contributed by atoms with Crippen LogP contribution in [0.15, 0.2) is 6.20 Å². The lowest BCUT2D eigenvalue weighted by molar-refractivity contribution is 0.745. The maximum atomic E-state index is 5.61. The van der Waals surface area contributed by atoms with Crippen molar-refractivity contribution in [3.8, 4) is 0 Å². The van der Waals surface area contributed by atoms with E-state index in [1.807, 2.05) is 6.92 Å². The molecule has 0 aliphatic heterocycles. The van der Waals surface area contributed by atoms with Crippen molar-refractivity contribution in [1.82, 2.24) is 4.98 Å². The van der Waals surface area contributed by atoms with Crippen molar-refractivity contribution in [2.45, 2.75) is 19.4 Å². The van der Waals surface area contributed by atoms with Gasteiger partial charge in [0.05, 0.1) is 0 Å². The number of nitrogens with zero attached hydrogens (tertiary/aromatic N) is 1. The lowest BCUT2D eigenvalue weighted by atomic mass is 10.2. The van der Waals surface area contributed by atoms with Gasteiger partial charge in [0, 0.05) is 17.1 Å². The first-order chi connectivity index (χ1) is 4.68. The molecule has 2 N–H and O–H groups in total. The SMILES string of the molecule is C[C@H](N)Cc1cnc(Cl)s1. The van der Waals surface area contributed by atoms with Gasteiger partial charge in [-0.2, -0.15) is 0 Å². The first-order valence-corrected chi connectivity index (χ1v) is 4.23. The van der Waals surface area contributed by atoms with Gasteiger partial charge < -0.3 is 5.73 Å². The van der Waals surface area contributed by atoms with Crippen LogP contribution in [-0.4, -0.2) is 11.0 Å². The van der Waals surface area contributed by atoms with Gasteiger partial charge in [0.1, 0.15) is 0 Å². The zero-order chi connectivity index (χ0) is 7.56. The molecule has 0 spiro atoms. The lowest BCUT2D eigenvalue weighted by Gasteiger charge is -1.98. The summed E-state index contributed by atoms with van der Waals surface area (Å²) >= 11 is 7.10. The average Bonchev–Trinajstić information content (AvgIpc) is 2.13. The summed E-state index contributed by atoms with van der Waals surface area (Å²) in [5.74, 6) is 0. The van der Waals surface area contributed by atoms with Gasteiger partial charge in [-0.25, -0.2) is 4.98 Å². The van der Waals surface area contributed by atoms with Crippen LogP contribution in [0.3, 0.4) is 0 Å². The van der Waals surface area contributed by atoms with E-state index in [-0.39, 0.29) is 6.04 Å².